The molecule has 23 heavy (non-hydrogen) atoms. The highest BCUT2D eigenvalue weighted by molar-refractivity contribution is 5.82. The Labute approximate surface area is 136 Å². The summed E-state index contributed by atoms with van der Waals surface area (Å²) in [5.41, 5.74) is 2.27. The van der Waals surface area contributed by atoms with Gasteiger partial charge in [0.05, 0.1) is 14.2 Å². The quantitative estimate of drug-likeness (QED) is 0.891. The summed E-state index contributed by atoms with van der Waals surface area (Å²) in [6.07, 6.45) is 0.917. The molecule has 1 aliphatic rings. The van der Waals surface area contributed by atoms with Crippen LogP contribution in [0.4, 0.5) is 0 Å². The first-order valence-electron chi connectivity index (χ1n) is 7.76. The van der Waals surface area contributed by atoms with Gasteiger partial charge in [-0.05, 0) is 47.7 Å². The fourth-order valence-corrected chi connectivity index (χ4v) is 2.77. The second-order valence-electron chi connectivity index (χ2n) is 5.79. The first-order valence-corrected chi connectivity index (χ1v) is 7.76. The van der Waals surface area contributed by atoms with Crippen LogP contribution in [0.3, 0.4) is 0 Å². The second-order valence-corrected chi connectivity index (χ2v) is 5.79. The average molecular weight is 311 g/mol. The normalized spacial score (nSPS) is 19.0. The predicted octanol–water partition coefficient (Wildman–Crippen LogP) is 3.12. The van der Waals surface area contributed by atoms with Crippen molar-refractivity contribution in [1.82, 2.24) is 5.32 Å². The van der Waals surface area contributed by atoms with E-state index in [9.17, 15) is 4.79 Å². The topological polar surface area (TPSA) is 47.6 Å². The molecule has 0 radical (unpaired) electrons. The SMILES string of the molecule is COc1ccc(CNC(=O)C2CC2c2ccc(OC)cc2)cc1. The van der Waals surface area contributed by atoms with Crippen LogP contribution in [-0.2, 0) is 11.3 Å². The molecule has 1 fully saturated rings. The number of hydrogen-bond acceptors (Lipinski definition) is 3. The fourth-order valence-electron chi connectivity index (χ4n) is 2.77. The highest BCUT2D eigenvalue weighted by atomic mass is 16.5. The minimum Gasteiger partial charge on any atom is -0.497 e. The van der Waals surface area contributed by atoms with Crippen molar-refractivity contribution in [3.05, 3.63) is 59.7 Å². The third-order valence-corrected chi connectivity index (χ3v) is 4.30. The number of ether oxygens (including phenoxy) is 2. The molecule has 2 aromatic carbocycles. The van der Waals surface area contributed by atoms with Crippen LogP contribution in [0.15, 0.2) is 48.5 Å². The molecule has 2 unspecified atom stereocenters. The van der Waals surface area contributed by atoms with Crippen molar-refractivity contribution in [3.8, 4) is 11.5 Å². The zero-order valence-electron chi connectivity index (χ0n) is 13.4. The van der Waals surface area contributed by atoms with E-state index < -0.39 is 0 Å². The standard InChI is InChI=1S/C19H21NO3/c1-22-15-7-3-13(4-8-15)12-20-19(21)18-11-17(18)14-5-9-16(23-2)10-6-14/h3-10,17-18H,11-12H2,1-2H3,(H,20,21). The smallest absolute Gasteiger partial charge is 0.224 e. The van der Waals surface area contributed by atoms with Crippen molar-refractivity contribution in [3.63, 3.8) is 0 Å². The highest BCUT2D eigenvalue weighted by Crippen LogP contribution is 2.47. The Bertz CT molecular complexity index is 664. The fraction of sp³-hybridized carbons (Fsp3) is 0.316. The summed E-state index contributed by atoms with van der Waals surface area (Å²) in [6.45, 7) is 0.550. The van der Waals surface area contributed by atoms with Crippen molar-refractivity contribution in [2.24, 2.45) is 5.92 Å². The Morgan fingerprint density at radius 1 is 1.00 bits per heavy atom. The van der Waals surface area contributed by atoms with Gasteiger partial charge in [0, 0.05) is 12.5 Å². The van der Waals surface area contributed by atoms with Crippen molar-refractivity contribution in [2.45, 2.75) is 18.9 Å². The van der Waals surface area contributed by atoms with Crippen LogP contribution >= 0.6 is 0 Å². The lowest BCUT2D eigenvalue weighted by Crippen LogP contribution is -2.24. The van der Waals surface area contributed by atoms with E-state index in [0.717, 1.165) is 23.5 Å². The van der Waals surface area contributed by atoms with Crippen LogP contribution in [-0.4, -0.2) is 20.1 Å². The van der Waals surface area contributed by atoms with E-state index in [-0.39, 0.29) is 11.8 Å². The molecular weight excluding hydrogens is 290 g/mol. The number of rotatable bonds is 6. The van der Waals surface area contributed by atoms with E-state index in [1.54, 1.807) is 14.2 Å². The lowest BCUT2D eigenvalue weighted by atomic mass is 10.1. The van der Waals surface area contributed by atoms with Gasteiger partial charge in [0.15, 0.2) is 0 Å². The number of carbonyl (C=O) groups is 1. The van der Waals surface area contributed by atoms with E-state index in [2.05, 4.69) is 5.32 Å². The molecule has 1 N–H and O–H groups in total. The van der Waals surface area contributed by atoms with Crippen LogP contribution in [0.1, 0.15) is 23.5 Å². The Morgan fingerprint density at radius 2 is 1.57 bits per heavy atom. The second kappa shape index (κ2) is 6.73. The lowest BCUT2D eigenvalue weighted by molar-refractivity contribution is -0.122. The maximum atomic E-state index is 12.2. The molecule has 120 valence electrons. The molecule has 4 heteroatoms. The Hall–Kier alpha value is -2.49. The van der Waals surface area contributed by atoms with Crippen molar-refractivity contribution in [2.75, 3.05) is 14.2 Å². The molecule has 0 saturated heterocycles. The van der Waals surface area contributed by atoms with Gasteiger partial charge >= 0.3 is 0 Å². The third kappa shape index (κ3) is 3.65. The molecule has 4 nitrogen and oxygen atoms in total. The van der Waals surface area contributed by atoms with Crippen molar-refractivity contribution >= 4 is 5.91 Å². The van der Waals surface area contributed by atoms with E-state index in [1.165, 1.54) is 5.56 Å². The van der Waals surface area contributed by atoms with E-state index in [4.69, 9.17) is 9.47 Å². The van der Waals surface area contributed by atoms with Gasteiger partial charge in [0.2, 0.25) is 5.91 Å². The van der Waals surface area contributed by atoms with Crippen LogP contribution in [0.25, 0.3) is 0 Å². The third-order valence-electron chi connectivity index (χ3n) is 4.30. The number of hydrogen-bond donors (Lipinski definition) is 1. The van der Waals surface area contributed by atoms with E-state index in [1.807, 2.05) is 48.5 Å². The van der Waals surface area contributed by atoms with Crippen LogP contribution in [0.5, 0.6) is 11.5 Å². The van der Waals surface area contributed by atoms with Gasteiger partial charge < -0.3 is 14.8 Å². The predicted molar refractivity (Wildman–Crippen MR) is 88.7 cm³/mol. The molecular formula is C19H21NO3. The molecule has 3 rings (SSSR count). The Balaban J connectivity index is 1.51. The highest BCUT2D eigenvalue weighted by Gasteiger charge is 2.43. The maximum absolute atomic E-state index is 12.2. The molecule has 0 spiro atoms. The molecule has 0 heterocycles. The largest absolute Gasteiger partial charge is 0.497 e. The lowest BCUT2D eigenvalue weighted by Gasteiger charge is -2.07. The molecule has 1 aliphatic carbocycles. The molecule has 1 amide bonds. The number of nitrogens with one attached hydrogen (secondary N) is 1. The first kappa shape index (κ1) is 15.4. The van der Waals surface area contributed by atoms with E-state index in [0.29, 0.717) is 12.5 Å². The molecule has 0 aromatic heterocycles. The van der Waals surface area contributed by atoms with Crippen LogP contribution < -0.4 is 14.8 Å². The van der Waals surface area contributed by atoms with Gasteiger partial charge in [-0.15, -0.1) is 0 Å². The summed E-state index contributed by atoms with van der Waals surface area (Å²) >= 11 is 0. The van der Waals surface area contributed by atoms with Crippen LogP contribution in [0, 0.1) is 5.92 Å². The number of amides is 1. The summed E-state index contributed by atoms with van der Waals surface area (Å²) in [6, 6.07) is 15.7. The zero-order chi connectivity index (χ0) is 16.2. The summed E-state index contributed by atoms with van der Waals surface area (Å²) < 4.78 is 10.3. The number of carbonyl (C=O) groups excluding carboxylic acids is 1. The van der Waals surface area contributed by atoms with Gasteiger partial charge in [0.1, 0.15) is 11.5 Å². The molecule has 0 aliphatic heterocycles. The van der Waals surface area contributed by atoms with Crippen molar-refractivity contribution in [1.29, 1.82) is 0 Å². The monoisotopic (exact) mass is 311 g/mol. The number of benzene rings is 2. The maximum Gasteiger partial charge on any atom is 0.224 e. The van der Waals surface area contributed by atoms with Gasteiger partial charge in [-0.25, -0.2) is 0 Å². The minimum absolute atomic E-state index is 0.0849. The van der Waals surface area contributed by atoms with Gasteiger partial charge in [0.25, 0.3) is 0 Å². The molecule has 0 bridgehead atoms. The van der Waals surface area contributed by atoms with E-state index >= 15 is 0 Å². The first-order chi connectivity index (χ1) is 11.2. The van der Waals surface area contributed by atoms with Gasteiger partial charge in [-0.1, -0.05) is 24.3 Å². The average Bonchev–Trinajstić information content (AvgIpc) is 3.41. The van der Waals surface area contributed by atoms with Crippen molar-refractivity contribution < 1.29 is 14.3 Å². The summed E-state index contributed by atoms with van der Waals surface area (Å²) in [5.74, 6) is 2.21. The Morgan fingerprint density at radius 3 is 2.13 bits per heavy atom. The summed E-state index contributed by atoms with van der Waals surface area (Å²) in [4.78, 5) is 12.2. The Kier molecular flexibility index (Phi) is 4.51. The molecule has 2 aromatic rings. The molecule has 2 atom stereocenters. The minimum atomic E-state index is 0.0849. The van der Waals surface area contributed by atoms with Crippen LogP contribution in [0.2, 0.25) is 0 Å². The van der Waals surface area contributed by atoms with Gasteiger partial charge in [-0.3, -0.25) is 4.79 Å². The summed E-state index contributed by atoms with van der Waals surface area (Å²) in [7, 11) is 3.30. The summed E-state index contributed by atoms with van der Waals surface area (Å²) in [5, 5.41) is 3.02. The molecule has 1 saturated carbocycles. The number of methoxy groups -OCH3 is 2. The van der Waals surface area contributed by atoms with Gasteiger partial charge in [-0.2, -0.15) is 0 Å². The zero-order valence-corrected chi connectivity index (χ0v) is 13.4.